The van der Waals surface area contributed by atoms with Gasteiger partial charge in [0.25, 0.3) is 0 Å². The van der Waals surface area contributed by atoms with Gasteiger partial charge in [-0.2, -0.15) is 0 Å². The predicted octanol–water partition coefficient (Wildman–Crippen LogP) is 3.19. The summed E-state index contributed by atoms with van der Waals surface area (Å²) in [6, 6.07) is 0. The number of alkyl halides is 2. The van der Waals surface area contributed by atoms with Crippen LogP contribution in [0.1, 0.15) is 19.8 Å². The zero-order valence-corrected chi connectivity index (χ0v) is 8.33. The van der Waals surface area contributed by atoms with E-state index in [4.69, 9.17) is 0 Å². The van der Waals surface area contributed by atoms with Gasteiger partial charge in [-0.05, 0) is 18.8 Å². The van der Waals surface area contributed by atoms with Gasteiger partial charge in [-0.15, -0.1) is 0 Å². The van der Waals surface area contributed by atoms with E-state index in [0.717, 1.165) is 16.6 Å². The standard InChI is InChI=1S/C6H12Br2/c1-6(2-4-7)3-5-8/h6H,2-5H2,1H3. The molecule has 8 heavy (non-hydrogen) atoms. The average molecular weight is 244 g/mol. The maximum absolute atomic E-state index is 3.40. The van der Waals surface area contributed by atoms with Crippen molar-refractivity contribution >= 4 is 31.9 Å². The van der Waals surface area contributed by atoms with Crippen LogP contribution in [0, 0.1) is 5.92 Å². The topological polar surface area (TPSA) is 0 Å². The number of rotatable bonds is 4. The molecular weight excluding hydrogens is 232 g/mol. The Bertz CT molecular complexity index is 39.8. The van der Waals surface area contributed by atoms with Crippen LogP contribution in [0.2, 0.25) is 0 Å². The second kappa shape index (κ2) is 6.09. The minimum atomic E-state index is 0.869. The van der Waals surface area contributed by atoms with Crippen LogP contribution in [0.3, 0.4) is 0 Å². The highest BCUT2D eigenvalue weighted by Crippen LogP contribution is 2.09. The zero-order chi connectivity index (χ0) is 6.41. The molecule has 0 saturated heterocycles. The molecule has 0 spiro atoms. The van der Waals surface area contributed by atoms with E-state index in [9.17, 15) is 0 Å². The van der Waals surface area contributed by atoms with Crippen LogP contribution in [0.25, 0.3) is 0 Å². The fraction of sp³-hybridized carbons (Fsp3) is 1.00. The first-order chi connectivity index (χ1) is 3.81. The summed E-state index contributed by atoms with van der Waals surface area (Å²) < 4.78 is 0. The highest BCUT2D eigenvalue weighted by molar-refractivity contribution is 9.09. The Morgan fingerprint density at radius 1 is 1.12 bits per heavy atom. The molecule has 0 unspecified atom stereocenters. The summed E-state index contributed by atoms with van der Waals surface area (Å²) in [7, 11) is 0. The van der Waals surface area contributed by atoms with Gasteiger partial charge < -0.3 is 0 Å². The molecule has 0 aliphatic carbocycles. The third-order valence-electron chi connectivity index (χ3n) is 1.20. The van der Waals surface area contributed by atoms with E-state index in [1.165, 1.54) is 12.8 Å². The largest absolute Gasteiger partial charge is 0.0928 e. The van der Waals surface area contributed by atoms with Crippen molar-refractivity contribution in [2.75, 3.05) is 10.7 Å². The van der Waals surface area contributed by atoms with Crippen LogP contribution >= 0.6 is 31.9 Å². The molecule has 0 atom stereocenters. The van der Waals surface area contributed by atoms with Crippen molar-refractivity contribution in [1.82, 2.24) is 0 Å². The van der Waals surface area contributed by atoms with E-state index in [1.807, 2.05) is 0 Å². The van der Waals surface area contributed by atoms with E-state index in [0.29, 0.717) is 0 Å². The highest BCUT2D eigenvalue weighted by atomic mass is 79.9. The highest BCUT2D eigenvalue weighted by Gasteiger charge is 1.97. The summed E-state index contributed by atoms with van der Waals surface area (Å²) in [5.74, 6) is 0.869. The molecule has 0 N–H and O–H groups in total. The molecular formula is C6H12Br2. The number of hydrogen-bond donors (Lipinski definition) is 0. The summed E-state index contributed by atoms with van der Waals surface area (Å²) in [4.78, 5) is 0. The second-order valence-electron chi connectivity index (χ2n) is 2.06. The van der Waals surface area contributed by atoms with Crippen LogP contribution in [0.5, 0.6) is 0 Å². The smallest absolute Gasteiger partial charge is 0.00338 e. The zero-order valence-electron chi connectivity index (χ0n) is 5.16. The molecule has 0 amide bonds. The van der Waals surface area contributed by atoms with Gasteiger partial charge in [-0.25, -0.2) is 0 Å². The molecule has 0 aromatic rings. The van der Waals surface area contributed by atoms with Crippen LogP contribution in [0.4, 0.5) is 0 Å². The maximum atomic E-state index is 3.40. The minimum absolute atomic E-state index is 0.869. The molecule has 0 saturated carbocycles. The molecule has 0 aliphatic rings. The fourth-order valence-corrected chi connectivity index (χ4v) is 2.08. The summed E-state index contributed by atoms with van der Waals surface area (Å²) in [6.07, 6.45) is 2.59. The van der Waals surface area contributed by atoms with Crippen LogP contribution in [0.15, 0.2) is 0 Å². The molecule has 0 bridgehead atoms. The third-order valence-corrected chi connectivity index (χ3v) is 2.12. The fourth-order valence-electron chi connectivity index (χ4n) is 0.517. The van der Waals surface area contributed by atoms with Gasteiger partial charge in [0.15, 0.2) is 0 Å². The van der Waals surface area contributed by atoms with Crippen molar-refractivity contribution in [3.8, 4) is 0 Å². The van der Waals surface area contributed by atoms with E-state index >= 15 is 0 Å². The van der Waals surface area contributed by atoms with Gasteiger partial charge in [0, 0.05) is 10.7 Å². The van der Waals surface area contributed by atoms with Crippen LogP contribution in [-0.4, -0.2) is 10.7 Å². The van der Waals surface area contributed by atoms with Crippen LogP contribution in [-0.2, 0) is 0 Å². The Morgan fingerprint density at radius 2 is 1.50 bits per heavy atom. The Morgan fingerprint density at radius 3 is 1.75 bits per heavy atom. The van der Waals surface area contributed by atoms with E-state index in [-0.39, 0.29) is 0 Å². The third kappa shape index (κ3) is 5.10. The van der Waals surface area contributed by atoms with Gasteiger partial charge in [0.2, 0.25) is 0 Å². The molecule has 50 valence electrons. The van der Waals surface area contributed by atoms with Crippen LogP contribution < -0.4 is 0 Å². The molecule has 0 fully saturated rings. The predicted molar refractivity (Wildman–Crippen MR) is 46.0 cm³/mol. The lowest BCUT2D eigenvalue weighted by Crippen LogP contribution is -1.94. The summed E-state index contributed by atoms with van der Waals surface area (Å²) in [6.45, 7) is 2.28. The summed E-state index contributed by atoms with van der Waals surface area (Å²) >= 11 is 6.81. The van der Waals surface area contributed by atoms with Crippen molar-refractivity contribution in [1.29, 1.82) is 0 Å². The molecule has 0 aromatic heterocycles. The van der Waals surface area contributed by atoms with E-state index in [1.54, 1.807) is 0 Å². The monoisotopic (exact) mass is 242 g/mol. The van der Waals surface area contributed by atoms with Crippen molar-refractivity contribution in [2.45, 2.75) is 19.8 Å². The average Bonchev–Trinajstić information content (AvgIpc) is 1.68. The SMILES string of the molecule is CC(CCBr)CCBr. The molecule has 0 aliphatic heterocycles. The molecule has 2 heteroatoms. The van der Waals surface area contributed by atoms with Gasteiger partial charge in [-0.1, -0.05) is 38.8 Å². The lowest BCUT2D eigenvalue weighted by atomic mass is 10.1. The minimum Gasteiger partial charge on any atom is -0.0928 e. The number of hydrogen-bond acceptors (Lipinski definition) is 0. The lowest BCUT2D eigenvalue weighted by Gasteiger charge is -2.04. The summed E-state index contributed by atoms with van der Waals surface area (Å²) in [5, 5.41) is 2.28. The molecule has 0 heterocycles. The van der Waals surface area contributed by atoms with E-state index in [2.05, 4.69) is 38.8 Å². The molecule has 0 radical (unpaired) electrons. The Balaban J connectivity index is 2.92. The molecule has 0 aromatic carbocycles. The quantitative estimate of drug-likeness (QED) is 0.666. The van der Waals surface area contributed by atoms with Crippen molar-refractivity contribution < 1.29 is 0 Å². The van der Waals surface area contributed by atoms with Crippen molar-refractivity contribution in [2.24, 2.45) is 5.92 Å². The Hall–Kier alpha value is 0.960. The number of halogens is 2. The summed E-state index contributed by atoms with van der Waals surface area (Å²) in [5.41, 5.74) is 0. The van der Waals surface area contributed by atoms with Crippen molar-refractivity contribution in [3.05, 3.63) is 0 Å². The van der Waals surface area contributed by atoms with Gasteiger partial charge in [-0.3, -0.25) is 0 Å². The normalized spacial score (nSPS) is 10.5. The first kappa shape index (κ1) is 8.96. The van der Waals surface area contributed by atoms with E-state index < -0.39 is 0 Å². The van der Waals surface area contributed by atoms with Gasteiger partial charge in [0.05, 0.1) is 0 Å². The van der Waals surface area contributed by atoms with Gasteiger partial charge in [0.1, 0.15) is 0 Å². The second-order valence-corrected chi connectivity index (χ2v) is 3.65. The van der Waals surface area contributed by atoms with Gasteiger partial charge >= 0.3 is 0 Å². The first-order valence-corrected chi connectivity index (χ1v) is 5.17. The molecule has 0 rings (SSSR count). The molecule has 0 nitrogen and oxygen atoms in total. The maximum Gasteiger partial charge on any atom is 0.00338 e. The van der Waals surface area contributed by atoms with Crippen molar-refractivity contribution in [3.63, 3.8) is 0 Å². The Labute approximate surface area is 68.3 Å². The first-order valence-electron chi connectivity index (χ1n) is 2.93. The lowest BCUT2D eigenvalue weighted by molar-refractivity contribution is 0.556. The Kier molecular flexibility index (Phi) is 6.82.